The molecule has 1 aromatic rings. The van der Waals surface area contributed by atoms with E-state index >= 15 is 0 Å². The molecule has 1 amide bonds. The maximum atomic E-state index is 13.5. The van der Waals surface area contributed by atoms with E-state index in [1.165, 1.54) is 0 Å². The van der Waals surface area contributed by atoms with Crippen LogP contribution in [-0.2, 0) is 0 Å². The summed E-state index contributed by atoms with van der Waals surface area (Å²) < 4.78 is 13.5. The lowest BCUT2D eigenvalue weighted by Gasteiger charge is -2.16. The first-order valence-electron chi connectivity index (χ1n) is 5.44. The topological polar surface area (TPSA) is 149 Å². The van der Waals surface area contributed by atoms with E-state index < -0.39 is 41.0 Å². The Labute approximate surface area is 118 Å². The van der Waals surface area contributed by atoms with Crippen molar-refractivity contribution >= 4 is 17.3 Å². The number of nitrogens with one attached hydrogen (secondary N) is 1. The van der Waals surface area contributed by atoms with E-state index in [9.17, 15) is 19.3 Å². The normalized spacial score (nSPS) is 9.33. The fraction of sp³-hybridized carbons (Fsp3) is 0.182. The summed E-state index contributed by atoms with van der Waals surface area (Å²) in [6.45, 7) is -0.876. The number of nitro benzene ring substituents is 1. The Morgan fingerprint density at radius 3 is 2.43 bits per heavy atom. The molecule has 0 radical (unpaired) electrons. The van der Waals surface area contributed by atoms with Gasteiger partial charge in [0.2, 0.25) is 0 Å². The first-order valence-corrected chi connectivity index (χ1v) is 5.44. The number of amides is 1. The number of hydrogen-bond donors (Lipinski definition) is 2. The van der Waals surface area contributed by atoms with Gasteiger partial charge in [0.1, 0.15) is 18.7 Å². The van der Waals surface area contributed by atoms with Crippen molar-refractivity contribution in [2.45, 2.75) is 0 Å². The molecular formula is C11H9FN6O3. The molecule has 0 unspecified atom stereocenters. The number of hydrazine groups is 1. The zero-order chi connectivity index (χ0) is 16.0. The van der Waals surface area contributed by atoms with Gasteiger partial charge in [-0.1, -0.05) is 0 Å². The number of anilines is 1. The molecule has 0 bridgehead atoms. The lowest BCUT2D eigenvalue weighted by molar-refractivity contribution is -0.385. The van der Waals surface area contributed by atoms with Gasteiger partial charge in [-0.25, -0.2) is 4.39 Å². The van der Waals surface area contributed by atoms with Crippen molar-refractivity contribution in [2.24, 2.45) is 5.84 Å². The minimum absolute atomic E-state index is 0.321. The lowest BCUT2D eigenvalue weighted by atomic mass is 10.1. The molecule has 10 heteroatoms. The molecule has 0 atom stereocenters. The highest BCUT2D eigenvalue weighted by molar-refractivity contribution is 5.99. The Morgan fingerprint density at radius 1 is 1.43 bits per heavy atom. The third-order valence-corrected chi connectivity index (χ3v) is 2.48. The number of rotatable bonds is 5. The van der Waals surface area contributed by atoms with Gasteiger partial charge in [0.05, 0.1) is 28.8 Å². The molecular weight excluding hydrogens is 283 g/mol. The number of benzene rings is 1. The minimum atomic E-state index is -1.01. The largest absolute Gasteiger partial charge is 0.321 e. The molecule has 0 aromatic heterocycles. The fourth-order valence-electron chi connectivity index (χ4n) is 1.54. The molecule has 0 heterocycles. The van der Waals surface area contributed by atoms with Crippen LogP contribution in [-0.4, -0.2) is 28.8 Å². The summed E-state index contributed by atoms with van der Waals surface area (Å²) in [5.41, 5.74) is 0.387. The second-order valence-electron chi connectivity index (χ2n) is 3.73. The highest BCUT2D eigenvalue weighted by Gasteiger charge is 2.27. The number of nitrogen functional groups attached to an aromatic ring is 1. The van der Waals surface area contributed by atoms with Crippen LogP contribution in [0.2, 0.25) is 0 Å². The van der Waals surface area contributed by atoms with E-state index in [2.05, 4.69) is 0 Å². The van der Waals surface area contributed by atoms with Crippen LogP contribution in [0.15, 0.2) is 12.1 Å². The first kappa shape index (κ1) is 15.8. The van der Waals surface area contributed by atoms with Crippen molar-refractivity contribution in [3.8, 4) is 12.1 Å². The molecule has 0 aliphatic rings. The minimum Gasteiger partial charge on any atom is -0.321 e. The Bertz CT molecular complexity index is 647. The molecule has 108 valence electrons. The van der Waals surface area contributed by atoms with Crippen LogP contribution in [0.3, 0.4) is 0 Å². The highest BCUT2D eigenvalue weighted by atomic mass is 19.1. The number of nitrogens with two attached hydrogens (primary N) is 1. The van der Waals surface area contributed by atoms with Crippen LogP contribution in [0.5, 0.6) is 0 Å². The number of nitrogens with zero attached hydrogens (tertiary/aromatic N) is 4. The molecule has 1 rings (SSSR count). The third-order valence-electron chi connectivity index (χ3n) is 2.48. The molecule has 9 nitrogen and oxygen atoms in total. The third kappa shape index (κ3) is 3.40. The zero-order valence-corrected chi connectivity index (χ0v) is 10.5. The van der Waals surface area contributed by atoms with Gasteiger partial charge in [-0.2, -0.15) is 10.5 Å². The highest BCUT2D eigenvalue weighted by Crippen LogP contribution is 2.26. The van der Waals surface area contributed by atoms with Crippen molar-refractivity contribution in [3.63, 3.8) is 0 Å². The van der Waals surface area contributed by atoms with Gasteiger partial charge >= 0.3 is 0 Å². The monoisotopic (exact) mass is 292 g/mol. The smallest absolute Gasteiger partial charge is 0.285 e. The van der Waals surface area contributed by atoms with Crippen LogP contribution in [0.25, 0.3) is 0 Å². The van der Waals surface area contributed by atoms with Crippen molar-refractivity contribution in [1.29, 1.82) is 10.5 Å². The van der Waals surface area contributed by atoms with Gasteiger partial charge in [-0.15, -0.1) is 0 Å². The Balaban J connectivity index is 3.39. The van der Waals surface area contributed by atoms with Crippen molar-refractivity contribution in [1.82, 2.24) is 4.90 Å². The van der Waals surface area contributed by atoms with Crippen LogP contribution in [0.1, 0.15) is 10.4 Å². The Hall–Kier alpha value is -3.24. The molecule has 21 heavy (non-hydrogen) atoms. The van der Waals surface area contributed by atoms with Crippen LogP contribution < -0.4 is 11.3 Å². The second-order valence-corrected chi connectivity index (χ2v) is 3.73. The lowest BCUT2D eigenvalue weighted by Crippen LogP contribution is -2.32. The molecule has 0 aliphatic carbocycles. The van der Waals surface area contributed by atoms with Gasteiger partial charge in [0, 0.05) is 0 Å². The number of carbonyl (C=O) groups excluding carboxylic acids is 1. The molecule has 0 aliphatic heterocycles. The molecule has 3 N–H and O–H groups in total. The molecule has 1 aromatic carbocycles. The van der Waals surface area contributed by atoms with E-state index in [1.54, 1.807) is 12.1 Å². The maximum absolute atomic E-state index is 13.5. The predicted octanol–water partition coefficient (Wildman–Crippen LogP) is 0.509. The van der Waals surface area contributed by atoms with E-state index in [0.29, 0.717) is 6.07 Å². The van der Waals surface area contributed by atoms with Crippen molar-refractivity contribution < 1.29 is 14.1 Å². The van der Waals surface area contributed by atoms with E-state index in [-0.39, 0.29) is 5.69 Å². The number of hydrogen-bond acceptors (Lipinski definition) is 7. The summed E-state index contributed by atoms with van der Waals surface area (Å²) in [5, 5.41) is 28.1. The van der Waals surface area contributed by atoms with Gasteiger partial charge in [-0.05, 0) is 6.07 Å². The maximum Gasteiger partial charge on any atom is 0.285 e. The van der Waals surface area contributed by atoms with Gasteiger partial charge in [0.15, 0.2) is 5.82 Å². The summed E-state index contributed by atoms with van der Waals surface area (Å²) in [7, 11) is 0. The number of carbonyl (C=O) groups is 1. The van der Waals surface area contributed by atoms with Crippen molar-refractivity contribution in [3.05, 3.63) is 33.6 Å². The first-order chi connectivity index (χ1) is 9.96. The van der Waals surface area contributed by atoms with Gasteiger partial charge in [-0.3, -0.25) is 20.8 Å². The number of nitriles is 2. The van der Waals surface area contributed by atoms with E-state index in [0.717, 1.165) is 11.0 Å². The average Bonchev–Trinajstić information content (AvgIpc) is 2.45. The molecule has 0 spiro atoms. The zero-order valence-electron chi connectivity index (χ0n) is 10.5. The van der Waals surface area contributed by atoms with Crippen LogP contribution in [0.4, 0.5) is 15.8 Å². The summed E-state index contributed by atoms with van der Waals surface area (Å²) >= 11 is 0. The Morgan fingerprint density at radius 2 is 2.00 bits per heavy atom. The summed E-state index contributed by atoms with van der Waals surface area (Å²) in [5.74, 6) is 3.10. The summed E-state index contributed by atoms with van der Waals surface area (Å²) in [6.07, 6.45) is 0. The van der Waals surface area contributed by atoms with Gasteiger partial charge in [0.25, 0.3) is 11.6 Å². The van der Waals surface area contributed by atoms with Crippen LogP contribution >= 0.6 is 0 Å². The van der Waals surface area contributed by atoms with Gasteiger partial charge < -0.3 is 10.3 Å². The predicted molar refractivity (Wildman–Crippen MR) is 68.0 cm³/mol. The standard InChI is InChI=1S/C11H9FN6O3/c12-8-6-10(18(20)21)7(5-9(8)16-15)11(19)17(3-1-13)4-2-14/h5-6,16H,3-4,15H2. The fourth-order valence-corrected chi connectivity index (χ4v) is 1.54. The quantitative estimate of drug-likeness (QED) is 0.347. The van der Waals surface area contributed by atoms with Crippen LogP contribution in [0, 0.1) is 38.6 Å². The summed E-state index contributed by atoms with van der Waals surface area (Å²) in [4.78, 5) is 22.9. The number of nitro groups is 1. The van der Waals surface area contributed by atoms with Crippen molar-refractivity contribution in [2.75, 3.05) is 18.5 Å². The average molecular weight is 292 g/mol. The van der Waals surface area contributed by atoms with E-state index in [1.807, 2.05) is 5.43 Å². The molecule has 0 saturated carbocycles. The molecule has 0 saturated heterocycles. The molecule has 0 fully saturated rings. The SMILES string of the molecule is N#CCN(CC#N)C(=O)c1cc(NN)c(F)cc1[N+](=O)[O-]. The Kier molecular flexibility index (Phi) is 5.11. The second kappa shape index (κ2) is 6.79. The summed E-state index contributed by atoms with van der Waals surface area (Å²) in [6, 6.07) is 4.72. The number of halogens is 1. The van der Waals surface area contributed by atoms with E-state index in [4.69, 9.17) is 16.4 Å².